The number of rotatable bonds is 1. The van der Waals surface area contributed by atoms with E-state index in [1.54, 1.807) is 11.2 Å². The molecule has 0 unspecified atom stereocenters. The minimum atomic E-state index is -0.461. The van der Waals surface area contributed by atoms with Crippen molar-refractivity contribution in [1.29, 1.82) is 0 Å². The van der Waals surface area contributed by atoms with E-state index < -0.39 is 5.60 Å². The van der Waals surface area contributed by atoms with Gasteiger partial charge in [0.1, 0.15) is 17.7 Å². The van der Waals surface area contributed by atoms with Crippen molar-refractivity contribution in [2.75, 3.05) is 24.5 Å². The first kappa shape index (κ1) is 15.5. The second-order valence-corrected chi connectivity index (χ2v) is 6.49. The maximum Gasteiger partial charge on any atom is 0.410 e. The molecule has 0 saturated carbocycles. The minimum Gasteiger partial charge on any atom is -0.444 e. The van der Waals surface area contributed by atoms with Gasteiger partial charge >= 0.3 is 6.09 Å². The molecule has 1 aromatic heterocycles. The van der Waals surface area contributed by atoms with Crippen LogP contribution >= 0.6 is 0 Å². The second kappa shape index (κ2) is 5.87. The summed E-state index contributed by atoms with van der Waals surface area (Å²) in [4.78, 5) is 24.6. The van der Waals surface area contributed by atoms with Gasteiger partial charge in [0.05, 0.1) is 0 Å². The summed E-state index contributed by atoms with van der Waals surface area (Å²) in [6.45, 7) is 11.8. The molecular weight excluding hydrogens is 268 g/mol. The standard InChI is InChI=1S/C15H24N4O2/c1-11-8-13(17-10-16-11)18-6-7-19(12(2)9-18)14(20)21-15(3,4)5/h8,10,12H,6-7,9H2,1-5H3/t12-/m1/s1. The summed E-state index contributed by atoms with van der Waals surface area (Å²) in [6.07, 6.45) is 1.34. The molecule has 1 aliphatic rings. The van der Waals surface area contributed by atoms with Crippen LogP contribution in [0.4, 0.5) is 10.6 Å². The summed E-state index contributed by atoms with van der Waals surface area (Å²) in [5.74, 6) is 0.915. The fourth-order valence-corrected chi connectivity index (χ4v) is 2.37. The summed E-state index contributed by atoms with van der Waals surface area (Å²) in [6, 6.07) is 2.06. The number of nitrogens with zero attached hydrogens (tertiary/aromatic N) is 4. The van der Waals surface area contributed by atoms with Gasteiger partial charge in [-0.1, -0.05) is 0 Å². The Hall–Kier alpha value is -1.85. The van der Waals surface area contributed by atoms with Crippen molar-refractivity contribution >= 4 is 11.9 Å². The normalized spacial score (nSPS) is 19.6. The average molecular weight is 292 g/mol. The van der Waals surface area contributed by atoms with E-state index in [0.717, 1.165) is 24.6 Å². The highest BCUT2D eigenvalue weighted by Gasteiger charge is 2.31. The Morgan fingerprint density at radius 3 is 2.62 bits per heavy atom. The Morgan fingerprint density at radius 1 is 1.33 bits per heavy atom. The van der Waals surface area contributed by atoms with Gasteiger partial charge in [-0.15, -0.1) is 0 Å². The third-order valence-electron chi connectivity index (χ3n) is 3.37. The number of carbonyl (C=O) groups is 1. The smallest absolute Gasteiger partial charge is 0.410 e. The quantitative estimate of drug-likeness (QED) is 0.794. The molecule has 1 aromatic rings. The molecule has 0 aliphatic carbocycles. The van der Waals surface area contributed by atoms with Gasteiger partial charge in [-0.25, -0.2) is 14.8 Å². The van der Waals surface area contributed by atoms with Crippen LogP contribution in [-0.4, -0.2) is 52.2 Å². The predicted octanol–water partition coefficient (Wildman–Crippen LogP) is 2.23. The minimum absolute atomic E-state index is 0.0869. The fraction of sp³-hybridized carbons (Fsp3) is 0.667. The van der Waals surface area contributed by atoms with Crippen molar-refractivity contribution in [1.82, 2.24) is 14.9 Å². The van der Waals surface area contributed by atoms with E-state index in [1.807, 2.05) is 40.7 Å². The molecule has 0 spiro atoms. The SMILES string of the molecule is Cc1cc(N2CCN(C(=O)OC(C)(C)C)[C@H](C)C2)ncn1. The Kier molecular flexibility index (Phi) is 4.34. The zero-order valence-corrected chi connectivity index (χ0v) is 13.5. The van der Waals surface area contributed by atoms with E-state index in [4.69, 9.17) is 4.74 Å². The lowest BCUT2D eigenvalue weighted by molar-refractivity contribution is 0.0158. The van der Waals surface area contributed by atoms with Crippen LogP contribution in [0.2, 0.25) is 0 Å². The molecule has 0 N–H and O–H groups in total. The number of ether oxygens (including phenoxy) is 1. The van der Waals surface area contributed by atoms with E-state index in [9.17, 15) is 4.79 Å². The van der Waals surface area contributed by atoms with Crippen molar-refractivity contribution in [2.45, 2.75) is 46.3 Å². The van der Waals surface area contributed by atoms with Gasteiger partial charge in [0.15, 0.2) is 0 Å². The summed E-state index contributed by atoms with van der Waals surface area (Å²) in [7, 11) is 0. The zero-order valence-electron chi connectivity index (χ0n) is 13.5. The molecule has 1 aliphatic heterocycles. The molecule has 2 heterocycles. The van der Waals surface area contributed by atoms with Crippen LogP contribution in [0.1, 0.15) is 33.4 Å². The Labute approximate surface area is 126 Å². The van der Waals surface area contributed by atoms with E-state index in [0.29, 0.717) is 6.54 Å². The molecule has 0 aromatic carbocycles. The van der Waals surface area contributed by atoms with E-state index in [2.05, 4.69) is 14.9 Å². The van der Waals surface area contributed by atoms with Crippen molar-refractivity contribution in [2.24, 2.45) is 0 Å². The molecule has 6 nitrogen and oxygen atoms in total. The number of hydrogen-bond acceptors (Lipinski definition) is 5. The molecule has 116 valence electrons. The van der Waals surface area contributed by atoms with Crippen LogP contribution in [0.3, 0.4) is 0 Å². The molecule has 1 atom stereocenters. The van der Waals surface area contributed by atoms with Crippen molar-refractivity contribution in [3.8, 4) is 0 Å². The molecule has 1 fully saturated rings. The number of aryl methyl sites for hydroxylation is 1. The van der Waals surface area contributed by atoms with Crippen LogP contribution in [-0.2, 0) is 4.74 Å². The lowest BCUT2D eigenvalue weighted by atomic mass is 10.2. The highest BCUT2D eigenvalue weighted by atomic mass is 16.6. The third-order valence-corrected chi connectivity index (χ3v) is 3.37. The number of hydrogen-bond donors (Lipinski definition) is 0. The van der Waals surface area contributed by atoms with Gasteiger partial charge in [0.25, 0.3) is 0 Å². The Morgan fingerprint density at radius 2 is 2.05 bits per heavy atom. The zero-order chi connectivity index (χ0) is 15.6. The molecule has 0 bridgehead atoms. The van der Waals surface area contributed by atoms with E-state index >= 15 is 0 Å². The van der Waals surface area contributed by atoms with Gasteiger partial charge in [-0.05, 0) is 34.6 Å². The highest BCUT2D eigenvalue weighted by Crippen LogP contribution is 2.19. The van der Waals surface area contributed by atoms with Gasteiger partial charge in [-0.3, -0.25) is 0 Å². The molecule has 6 heteroatoms. The number of carbonyl (C=O) groups excluding carboxylic acids is 1. The van der Waals surface area contributed by atoms with Gasteiger partial charge in [-0.2, -0.15) is 0 Å². The first-order chi connectivity index (χ1) is 9.76. The number of amides is 1. The summed E-state index contributed by atoms with van der Waals surface area (Å²) < 4.78 is 5.45. The average Bonchev–Trinajstić information content (AvgIpc) is 2.36. The topological polar surface area (TPSA) is 58.6 Å². The monoisotopic (exact) mass is 292 g/mol. The predicted molar refractivity (Wildman–Crippen MR) is 81.4 cm³/mol. The van der Waals surface area contributed by atoms with Crippen molar-refractivity contribution in [3.05, 3.63) is 18.1 Å². The van der Waals surface area contributed by atoms with E-state index in [1.165, 1.54) is 0 Å². The first-order valence-corrected chi connectivity index (χ1v) is 7.29. The van der Waals surface area contributed by atoms with Gasteiger partial charge in [0.2, 0.25) is 0 Å². The van der Waals surface area contributed by atoms with Crippen LogP contribution in [0.15, 0.2) is 12.4 Å². The van der Waals surface area contributed by atoms with Crippen LogP contribution in [0, 0.1) is 6.92 Å². The molecule has 21 heavy (non-hydrogen) atoms. The fourth-order valence-electron chi connectivity index (χ4n) is 2.37. The lowest BCUT2D eigenvalue weighted by Crippen LogP contribution is -2.55. The highest BCUT2D eigenvalue weighted by molar-refractivity contribution is 5.69. The second-order valence-electron chi connectivity index (χ2n) is 6.49. The maximum absolute atomic E-state index is 12.2. The summed E-state index contributed by atoms with van der Waals surface area (Å²) in [5, 5.41) is 0. The first-order valence-electron chi connectivity index (χ1n) is 7.29. The van der Waals surface area contributed by atoms with Crippen LogP contribution in [0.5, 0.6) is 0 Å². The van der Waals surface area contributed by atoms with E-state index in [-0.39, 0.29) is 12.1 Å². The van der Waals surface area contributed by atoms with Crippen molar-refractivity contribution < 1.29 is 9.53 Å². The van der Waals surface area contributed by atoms with Crippen LogP contribution < -0.4 is 4.90 Å². The Balaban J connectivity index is 2.01. The molecular formula is C15H24N4O2. The number of aromatic nitrogens is 2. The molecule has 1 saturated heterocycles. The van der Waals surface area contributed by atoms with Crippen molar-refractivity contribution in [3.63, 3.8) is 0 Å². The molecule has 2 rings (SSSR count). The lowest BCUT2D eigenvalue weighted by Gasteiger charge is -2.40. The van der Waals surface area contributed by atoms with Crippen LogP contribution in [0.25, 0.3) is 0 Å². The summed E-state index contributed by atoms with van der Waals surface area (Å²) in [5.41, 5.74) is 0.486. The number of piperazine rings is 1. The van der Waals surface area contributed by atoms with Gasteiger partial charge in [0, 0.05) is 37.4 Å². The number of anilines is 1. The molecule has 1 amide bonds. The largest absolute Gasteiger partial charge is 0.444 e. The Bertz CT molecular complexity index is 513. The maximum atomic E-state index is 12.2. The third kappa shape index (κ3) is 4.06. The van der Waals surface area contributed by atoms with Gasteiger partial charge < -0.3 is 14.5 Å². The summed E-state index contributed by atoms with van der Waals surface area (Å²) >= 11 is 0. The molecule has 0 radical (unpaired) electrons.